The van der Waals surface area contributed by atoms with Crippen molar-refractivity contribution in [1.82, 2.24) is 25.8 Å². The van der Waals surface area contributed by atoms with E-state index < -0.39 is 4.92 Å². The zero-order valence-corrected chi connectivity index (χ0v) is 28.8. The van der Waals surface area contributed by atoms with Crippen LogP contribution in [0.2, 0.25) is 0 Å². The number of aromatic hydroxyl groups is 1. The Kier molecular flexibility index (Phi) is 13.3. The molecule has 2 aromatic carbocycles. The SMILES string of the molecule is Cc1c([N+](=O)[O-])c2ccc(O)cc2n1-c1ccc(C(=O)NCCOCCOCCOCCNC(=O)CCCCC2SCC3NC(=O)NC32)cc1. The largest absolute Gasteiger partial charge is 0.508 e. The van der Waals surface area contributed by atoms with Crippen molar-refractivity contribution >= 4 is 46.2 Å². The van der Waals surface area contributed by atoms with Crippen molar-refractivity contribution < 1.29 is 38.6 Å². The van der Waals surface area contributed by atoms with Gasteiger partial charge in [-0.05, 0) is 56.2 Å². The highest BCUT2D eigenvalue weighted by Gasteiger charge is 2.42. The van der Waals surface area contributed by atoms with Crippen LogP contribution < -0.4 is 21.3 Å². The average molecular weight is 713 g/mol. The lowest BCUT2D eigenvalue weighted by atomic mass is 10.0. The molecule has 0 spiro atoms. The second-order valence-corrected chi connectivity index (χ2v) is 13.4. The maximum absolute atomic E-state index is 12.6. The van der Waals surface area contributed by atoms with Gasteiger partial charge in [-0.25, -0.2) is 4.79 Å². The fourth-order valence-electron chi connectivity index (χ4n) is 6.22. The van der Waals surface area contributed by atoms with Crippen LogP contribution in [0.1, 0.15) is 41.7 Å². The van der Waals surface area contributed by atoms with Crippen molar-refractivity contribution in [2.75, 3.05) is 58.5 Å². The number of nitrogens with zero attached hydrogens (tertiary/aromatic N) is 2. The van der Waals surface area contributed by atoms with Crippen molar-refractivity contribution in [3.8, 4) is 11.4 Å². The van der Waals surface area contributed by atoms with Crippen molar-refractivity contribution in [1.29, 1.82) is 0 Å². The van der Waals surface area contributed by atoms with Crippen molar-refractivity contribution in [3.05, 3.63) is 63.8 Å². The van der Waals surface area contributed by atoms with E-state index in [0.29, 0.717) is 92.2 Å². The van der Waals surface area contributed by atoms with Crippen molar-refractivity contribution in [2.45, 2.75) is 49.9 Å². The van der Waals surface area contributed by atoms with Crippen molar-refractivity contribution in [3.63, 3.8) is 0 Å². The summed E-state index contributed by atoms with van der Waals surface area (Å²) in [7, 11) is 0. The van der Waals surface area contributed by atoms with Crippen LogP contribution in [-0.4, -0.2) is 108 Å². The monoisotopic (exact) mass is 712 g/mol. The molecule has 3 atom stereocenters. The highest BCUT2D eigenvalue weighted by atomic mass is 32.2. The molecule has 0 radical (unpaired) electrons. The molecule has 5 rings (SSSR count). The normalized spacial score (nSPS) is 18.1. The third-order valence-electron chi connectivity index (χ3n) is 8.65. The summed E-state index contributed by atoms with van der Waals surface area (Å²) in [6.45, 7) is 4.63. The van der Waals surface area contributed by atoms with Gasteiger partial charge in [-0.15, -0.1) is 0 Å². The minimum Gasteiger partial charge on any atom is -0.508 e. The first-order chi connectivity index (χ1) is 24.2. The summed E-state index contributed by atoms with van der Waals surface area (Å²) in [6, 6.07) is 11.5. The molecule has 270 valence electrons. The maximum atomic E-state index is 12.6. The number of phenols is 1. The van der Waals surface area contributed by atoms with Crippen LogP contribution in [0, 0.1) is 17.0 Å². The number of benzene rings is 2. The Balaban J connectivity index is 0.858. The molecule has 3 unspecified atom stereocenters. The second kappa shape index (κ2) is 18.0. The standard InChI is InChI=1S/C34H44N6O9S/c1-22-32(40(45)46)26-11-10-25(41)20-28(26)39(22)24-8-6-23(7-9-24)33(43)36-13-15-48-17-19-49-18-16-47-14-12-35-30(42)5-3-2-4-29-31-27(21-50-29)37-34(44)38-31/h6-11,20,27,29,31,41H,2-5,12-19,21H2,1H3,(H,35,42)(H,36,43)(H2,37,38,44). The number of carbonyl (C=O) groups excluding carboxylic acids is 3. The third kappa shape index (κ3) is 9.65. The topological polar surface area (TPSA) is 195 Å². The number of hydrogen-bond donors (Lipinski definition) is 5. The fraction of sp³-hybridized carbons (Fsp3) is 0.500. The van der Waals surface area contributed by atoms with E-state index in [4.69, 9.17) is 14.2 Å². The lowest BCUT2D eigenvalue weighted by molar-refractivity contribution is -0.383. The summed E-state index contributed by atoms with van der Waals surface area (Å²) < 4.78 is 18.2. The lowest BCUT2D eigenvalue weighted by Crippen LogP contribution is -2.36. The van der Waals surface area contributed by atoms with E-state index in [1.54, 1.807) is 35.8 Å². The highest BCUT2D eigenvalue weighted by Crippen LogP contribution is 2.36. The van der Waals surface area contributed by atoms with E-state index in [2.05, 4.69) is 21.3 Å². The number of carbonyl (C=O) groups is 3. The number of nitro groups is 1. The molecule has 0 saturated carbocycles. The number of hydrogen-bond acceptors (Lipinski definition) is 10. The number of unbranched alkanes of at least 4 members (excludes halogenated alkanes) is 1. The molecule has 50 heavy (non-hydrogen) atoms. The Morgan fingerprint density at radius 1 is 0.980 bits per heavy atom. The summed E-state index contributed by atoms with van der Waals surface area (Å²) in [5.41, 5.74) is 1.93. The van der Waals surface area contributed by atoms with Crippen LogP contribution in [0.25, 0.3) is 16.6 Å². The van der Waals surface area contributed by atoms with Gasteiger partial charge in [0.25, 0.3) is 11.6 Å². The summed E-state index contributed by atoms with van der Waals surface area (Å²) in [6.07, 6.45) is 3.23. The smallest absolute Gasteiger partial charge is 0.315 e. The van der Waals surface area contributed by atoms with Crippen LogP contribution in [0.15, 0.2) is 42.5 Å². The quantitative estimate of drug-likeness (QED) is 0.0503. The highest BCUT2D eigenvalue weighted by molar-refractivity contribution is 8.00. The van der Waals surface area contributed by atoms with Crippen LogP contribution in [0.3, 0.4) is 0 Å². The van der Waals surface area contributed by atoms with Gasteiger partial charge in [-0.3, -0.25) is 19.7 Å². The Morgan fingerprint density at radius 2 is 1.66 bits per heavy atom. The van der Waals surface area contributed by atoms with Gasteiger partial charge in [0.15, 0.2) is 0 Å². The van der Waals surface area contributed by atoms with Crippen LogP contribution in [0.5, 0.6) is 5.75 Å². The Bertz CT molecular complexity index is 1650. The Morgan fingerprint density at radius 3 is 2.36 bits per heavy atom. The number of nitrogens with one attached hydrogen (secondary N) is 4. The fourth-order valence-corrected chi connectivity index (χ4v) is 7.76. The maximum Gasteiger partial charge on any atom is 0.315 e. The first-order valence-corrected chi connectivity index (χ1v) is 17.8. The molecule has 2 aliphatic rings. The van der Waals surface area contributed by atoms with Gasteiger partial charge in [-0.2, -0.15) is 11.8 Å². The average Bonchev–Trinajstić information content (AvgIpc) is 3.74. The van der Waals surface area contributed by atoms with Gasteiger partial charge >= 0.3 is 6.03 Å². The first kappa shape index (κ1) is 36.9. The van der Waals surface area contributed by atoms with E-state index >= 15 is 0 Å². The summed E-state index contributed by atoms with van der Waals surface area (Å²) in [4.78, 5) is 47.4. The molecule has 1 aromatic heterocycles. The molecule has 3 aromatic rings. The molecule has 0 aliphatic carbocycles. The number of thioether (sulfide) groups is 1. The van der Waals surface area contributed by atoms with Crippen LogP contribution in [0.4, 0.5) is 10.5 Å². The van der Waals surface area contributed by atoms with E-state index in [1.165, 1.54) is 18.2 Å². The van der Waals surface area contributed by atoms with Gasteiger partial charge in [-0.1, -0.05) is 6.42 Å². The van der Waals surface area contributed by atoms with Gasteiger partial charge in [0, 0.05) is 47.8 Å². The van der Waals surface area contributed by atoms with E-state index in [-0.39, 0.29) is 41.4 Å². The minimum absolute atomic E-state index is 0.00405. The molecular formula is C34H44N6O9S. The molecule has 0 bridgehead atoms. The number of rotatable bonds is 20. The van der Waals surface area contributed by atoms with Gasteiger partial charge in [0.2, 0.25) is 5.91 Å². The zero-order valence-electron chi connectivity index (χ0n) is 28.0. The molecule has 2 aliphatic heterocycles. The van der Waals surface area contributed by atoms with Crippen molar-refractivity contribution in [2.24, 2.45) is 0 Å². The summed E-state index contributed by atoms with van der Waals surface area (Å²) in [5.74, 6) is 0.671. The predicted octanol–water partition coefficient (Wildman–Crippen LogP) is 3.17. The van der Waals surface area contributed by atoms with Gasteiger partial charge < -0.3 is 45.2 Å². The third-order valence-corrected chi connectivity index (χ3v) is 10.2. The lowest BCUT2D eigenvalue weighted by Gasteiger charge is -2.16. The van der Waals surface area contributed by atoms with Crippen LogP contribution in [-0.2, 0) is 19.0 Å². The number of phenolic OH excluding ortho intramolecular Hbond substituents is 1. The van der Waals surface area contributed by atoms with Gasteiger partial charge in [0.05, 0.1) is 73.2 Å². The number of amides is 4. The molecule has 16 heteroatoms. The molecule has 3 heterocycles. The van der Waals surface area contributed by atoms with Gasteiger partial charge in [0.1, 0.15) is 5.75 Å². The number of ether oxygens (including phenoxy) is 3. The Labute approximate surface area is 293 Å². The second-order valence-electron chi connectivity index (χ2n) is 12.1. The molecule has 5 N–H and O–H groups in total. The molecule has 15 nitrogen and oxygen atoms in total. The molecular weight excluding hydrogens is 668 g/mol. The minimum atomic E-state index is -0.436. The number of urea groups is 1. The number of fused-ring (bicyclic) bond motifs is 2. The zero-order chi connectivity index (χ0) is 35.5. The van der Waals surface area contributed by atoms with E-state index in [0.717, 1.165) is 25.0 Å². The Hall–Kier alpha value is -4.38. The number of aromatic nitrogens is 1. The molecule has 4 amide bonds. The predicted molar refractivity (Wildman–Crippen MR) is 188 cm³/mol. The molecule has 2 saturated heterocycles. The van der Waals surface area contributed by atoms with Crippen LogP contribution >= 0.6 is 11.8 Å². The van der Waals surface area contributed by atoms with E-state index in [1.807, 2.05) is 11.8 Å². The summed E-state index contributed by atoms with van der Waals surface area (Å²) in [5, 5.41) is 34.1. The molecule has 2 fully saturated rings. The van der Waals surface area contributed by atoms with E-state index in [9.17, 15) is 29.6 Å². The first-order valence-electron chi connectivity index (χ1n) is 16.8. The summed E-state index contributed by atoms with van der Waals surface area (Å²) >= 11 is 1.88.